The molecule has 0 radical (unpaired) electrons. The number of hydrogen-bond donors (Lipinski definition) is 1. The van der Waals surface area contributed by atoms with Crippen molar-refractivity contribution in [1.82, 2.24) is 14.7 Å². The van der Waals surface area contributed by atoms with E-state index in [-0.39, 0.29) is 11.6 Å². The Morgan fingerprint density at radius 2 is 2.17 bits per heavy atom. The van der Waals surface area contributed by atoms with Crippen LogP contribution in [0.15, 0.2) is 28.8 Å². The number of carbonyl (C=O) groups is 1. The lowest BCUT2D eigenvalue weighted by molar-refractivity contribution is 0.0951. The van der Waals surface area contributed by atoms with Gasteiger partial charge in [0.05, 0.1) is 17.3 Å². The van der Waals surface area contributed by atoms with Crippen LogP contribution < -0.4 is 5.32 Å². The summed E-state index contributed by atoms with van der Waals surface area (Å²) in [6, 6.07) is 0. The van der Waals surface area contributed by atoms with Gasteiger partial charge in [-0.3, -0.25) is 9.78 Å². The van der Waals surface area contributed by atoms with Crippen LogP contribution in [-0.4, -0.2) is 27.5 Å². The Hall–Kier alpha value is -2.68. The molecule has 0 aromatic carbocycles. The van der Waals surface area contributed by atoms with Gasteiger partial charge in [-0.2, -0.15) is 10.2 Å². The summed E-state index contributed by atoms with van der Waals surface area (Å²) in [5.41, 5.74) is 3.16. The van der Waals surface area contributed by atoms with Crippen molar-refractivity contribution >= 4 is 11.4 Å². The number of fused-ring (bicyclic) bond motifs is 1. The largest absolute Gasteiger partial charge is 0.352 e. The second kappa shape index (κ2) is 5.84. The number of hydrogen-bond acceptors (Lipinski definition) is 4. The molecule has 118 valence electrons. The maximum atomic E-state index is 12.5. The summed E-state index contributed by atoms with van der Waals surface area (Å²) in [7, 11) is 0. The third-order valence-corrected chi connectivity index (χ3v) is 4.33. The number of rotatable bonds is 6. The highest BCUT2D eigenvalue weighted by Gasteiger charge is 2.38. The first-order valence-electron chi connectivity index (χ1n) is 7.65. The van der Waals surface area contributed by atoms with Crippen LogP contribution >= 0.6 is 0 Å². The summed E-state index contributed by atoms with van der Waals surface area (Å²) in [6.07, 6.45) is 12.7. The van der Waals surface area contributed by atoms with E-state index >= 15 is 0 Å². The molecule has 2 aromatic rings. The molecule has 0 unspecified atom stereocenters. The SMILES string of the molecule is C#CCCC1(CCNC(=O)c2c(C)c3cnccn3c2C)N=N1. The molecule has 1 aliphatic rings. The number of aryl methyl sites for hydroxylation is 2. The Morgan fingerprint density at radius 3 is 2.83 bits per heavy atom. The maximum absolute atomic E-state index is 12.5. The van der Waals surface area contributed by atoms with Crippen LogP contribution in [0.25, 0.3) is 5.52 Å². The number of nitrogens with zero attached hydrogens (tertiary/aromatic N) is 4. The van der Waals surface area contributed by atoms with Gasteiger partial charge in [0, 0.05) is 43.9 Å². The second-order valence-electron chi connectivity index (χ2n) is 5.81. The lowest BCUT2D eigenvalue weighted by Crippen LogP contribution is -2.29. The summed E-state index contributed by atoms with van der Waals surface area (Å²) in [5, 5.41) is 11.1. The molecule has 0 saturated heterocycles. The molecule has 3 heterocycles. The van der Waals surface area contributed by atoms with Crippen molar-refractivity contribution < 1.29 is 4.79 Å². The Labute approximate surface area is 135 Å². The molecule has 0 spiro atoms. The Balaban J connectivity index is 1.67. The average Bonchev–Trinajstić information content (AvgIpc) is 3.27. The predicted octanol–water partition coefficient (Wildman–Crippen LogP) is 2.65. The molecule has 1 aliphatic heterocycles. The standard InChI is InChI=1S/C17H19N5O/c1-4-5-6-17(20-21-17)7-8-19-16(23)15-12(2)14-11-18-9-10-22(14)13(15)3/h1,9-11H,5-8H2,2-3H3,(H,19,23). The molecular weight excluding hydrogens is 290 g/mol. The third-order valence-electron chi connectivity index (χ3n) is 4.33. The van der Waals surface area contributed by atoms with E-state index in [2.05, 4.69) is 26.4 Å². The van der Waals surface area contributed by atoms with Crippen LogP contribution in [0.2, 0.25) is 0 Å². The van der Waals surface area contributed by atoms with E-state index in [1.165, 1.54) is 0 Å². The number of carbonyl (C=O) groups excluding carboxylic acids is 1. The van der Waals surface area contributed by atoms with Crippen LogP contribution in [0.3, 0.4) is 0 Å². The van der Waals surface area contributed by atoms with Gasteiger partial charge in [-0.05, 0) is 19.4 Å². The van der Waals surface area contributed by atoms with Gasteiger partial charge in [0.1, 0.15) is 0 Å². The fraction of sp³-hybridized carbons (Fsp3) is 0.412. The van der Waals surface area contributed by atoms with Crippen molar-refractivity contribution in [3.63, 3.8) is 0 Å². The number of aromatic nitrogens is 2. The molecule has 6 nitrogen and oxygen atoms in total. The maximum Gasteiger partial charge on any atom is 0.253 e. The highest BCUT2D eigenvalue weighted by atomic mass is 16.1. The van der Waals surface area contributed by atoms with Gasteiger partial charge in [0.25, 0.3) is 5.91 Å². The predicted molar refractivity (Wildman–Crippen MR) is 87.3 cm³/mol. The van der Waals surface area contributed by atoms with Gasteiger partial charge in [0.15, 0.2) is 5.66 Å². The minimum atomic E-state index is -0.362. The first-order chi connectivity index (χ1) is 11.1. The highest BCUT2D eigenvalue weighted by molar-refractivity contribution is 5.99. The monoisotopic (exact) mass is 309 g/mol. The van der Waals surface area contributed by atoms with Crippen molar-refractivity contribution in [1.29, 1.82) is 0 Å². The van der Waals surface area contributed by atoms with E-state index in [1.54, 1.807) is 12.4 Å². The zero-order chi connectivity index (χ0) is 16.4. The zero-order valence-corrected chi connectivity index (χ0v) is 13.3. The lowest BCUT2D eigenvalue weighted by Gasteiger charge is -2.10. The van der Waals surface area contributed by atoms with Crippen LogP contribution in [-0.2, 0) is 0 Å². The Kier molecular flexibility index (Phi) is 3.87. The van der Waals surface area contributed by atoms with Gasteiger partial charge >= 0.3 is 0 Å². The van der Waals surface area contributed by atoms with E-state index in [1.807, 2.05) is 24.4 Å². The van der Waals surface area contributed by atoms with Crippen molar-refractivity contribution in [2.24, 2.45) is 10.2 Å². The molecule has 0 fully saturated rings. The highest BCUT2D eigenvalue weighted by Crippen LogP contribution is 2.36. The normalized spacial score (nSPS) is 14.7. The number of nitrogens with one attached hydrogen (secondary N) is 1. The molecule has 6 heteroatoms. The molecule has 0 aliphatic carbocycles. The number of amides is 1. The van der Waals surface area contributed by atoms with Crippen LogP contribution in [0, 0.1) is 26.2 Å². The summed E-state index contributed by atoms with van der Waals surface area (Å²) < 4.78 is 1.98. The molecule has 1 N–H and O–H groups in total. The Morgan fingerprint density at radius 1 is 1.39 bits per heavy atom. The van der Waals surface area contributed by atoms with E-state index in [9.17, 15) is 4.79 Å². The summed E-state index contributed by atoms with van der Waals surface area (Å²) in [4.78, 5) is 16.7. The van der Waals surface area contributed by atoms with Gasteiger partial charge in [-0.25, -0.2) is 0 Å². The topological polar surface area (TPSA) is 71.1 Å². The van der Waals surface area contributed by atoms with Gasteiger partial charge in [-0.15, -0.1) is 12.3 Å². The first-order valence-corrected chi connectivity index (χ1v) is 7.65. The molecule has 23 heavy (non-hydrogen) atoms. The second-order valence-corrected chi connectivity index (χ2v) is 5.81. The number of terminal acetylenes is 1. The summed E-state index contributed by atoms with van der Waals surface area (Å²) in [5.74, 6) is 2.53. The summed E-state index contributed by atoms with van der Waals surface area (Å²) >= 11 is 0. The summed E-state index contributed by atoms with van der Waals surface area (Å²) in [6.45, 7) is 4.41. The van der Waals surface area contributed by atoms with E-state index in [0.717, 1.165) is 23.2 Å². The molecule has 3 rings (SSSR count). The average molecular weight is 309 g/mol. The van der Waals surface area contributed by atoms with Crippen molar-refractivity contribution in [2.75, 3.05) is 6.54 Å². The van der Waals surface area contributed by atoms with Gasteiger partial charge < -0.3 is 9.72 Å². The lowest BCUT2D eigenvalue weighted by atomic mass is 10.0. The third kappa shape index (κ3) is 2.82. The minimum absolute atomic E-state index is 0.0727. The molecule has 2 aromatic heterocycles. The van der Waals surface area contributed by atoms with Crippen LogP contribution in [0.5, 0.6) is 0 Å². The van der Waals surface area contributed by atoms with Gasteiger partial charge in [-0.1, -0.05) is 0 Å². The quantitative estimate of drug-likeness (QED) is 0.833. The molecule has 0 bridgehead atoms. The van der Waals surface area contributed by atoms with Crippen molar-refractivity contribution in [3.8, 4) is 12.3 Å². The van der Waals surface area contributed by atoms with E-state index in [0.29, 0.717) is 24.9 Å². The zero-order valence-electron chi connectivity index (χ0n) is 13.3. The van der Waals surface area contributed by atoms with Gasteiger partial charge in [0.2, 0.25) is 0 Å². The fourth-order valence-corrected chi connectivity index (χ4v) is 2.92. The van der Waals surface area contributed by atoms with Crippen LogP contribution in [0.1, 0.15) is 40.9 Å². The molecule has 0 saturated carbocycles. The van der Waals surface area contributed by atoms with Crippen molar-refractivity contribution in [3.05, 3.63) is 35.4 Å². The Bertz CT molecular complexity index is 782. The molecule has 1 amide bonds. The molecule has 0 atom stereocenters. The molecular formula is C17H19N5O. The van der Waals surface area contributed by atoms with Crippen molar-refractivity contribution in [2.45, 2.75) is 38.8 Å². The fourth-order valence-electron chi connectivity index (χ4n) is 2.92. The van der Waals surface area contributed by atoms with Crippen LogP contribution in [0.4, 0.5) is 0 Å². The first kappa shape index (κ1) is 15.2. The van der Waals surface area contributed by atoms with E-state index in [4.69, 9.17) is 6.42 Å². The smallest absolute Gasteiger partial charge is 0.253 e. The van der Waals surface area contributed by atoms with E-state index < -0.39 is 0 Å². The minimum Gasteiger partial charge on any atom is -0.352 e.